The van der Waals surface area contributed by atoms with Crippen molar-refractivity contribution < 1.29 is 0 Å². The van der Waals surface area contributed by atoms with E-state index in [1.807, 2.05) is 0 Å². The first-order chi connectivity index (χ1) is 9.83. The number of nitrogens with one attached hydrogen (secondary N) is 1. The highest BCUT2D eigenvalue weighted by Crippen LogP contribution is 2.50. The minimum atomic E-state index is 0.407. The SMILES string of the molecule is Brc1ccc2c(c1)[C@@H]1C=CC[C@@H]1[C@H](c1ccccc1)N2. The van der Waals surface area contributed by atoms with Gasteiger partial charge < -0.3 is 5.32 Å². The van der Waals surface area contributed by atoms with Crippen LogP contribution in [0.5, 0.6) is 0 Å². The Morgan fingerprint density at radius 1 is 1.05 bits per heavy atom. The van der Waals surface area contributed by atoms with Crippen molar-refractivity contribution >= 4 is 21.6 Å². The number of hydrogen-bond acceptors (Lipinski definition) is 1. The first kappa shape index (κ1) is 12.2. The molecule has 100 valence electrons. The predicted octanol–water partition coefficient (Wildman–Crippen LogP) is 5.28. The smallest absolute Gasteiger partial charge is 0.0553 e. The minimum Gasteiger partial charge on any atom is -0.378 e. The summed E-state index contributed by atoms with van der Waals surface area (Å²) in [7, 11) is 0. The van der Waals surface area contributed by atoms with Crippen LogP contribution < -0.4 is 5.32 Å². The maximum Gasteiger partial charge on any atom is 0.0553 e. The normalized spacial score (nSPS) is 26.8. The van der Waals surface area contributed by atoms with Crippen LogP contribution in [0.4, 0.5) is 5.69 Å². The van der Waals surface area contributed by atoms with Crippen molar-refractivity contribution in [1.82, 2.24) is 0 Å². The van der Waals surface area contributed by atoms with Gasteiger partial charge in [0.2, 0.25) is 0 Å². The molecule has 1 aliphatic heterocycles. The summed E-state index contributed by atoms with van der Waals surface area (Å²) >= 11 is 3.60. The van der Waals surface area contributed by atoms with Crippen LogP contribution in [0.2, 0.25) is 0 Å². The highest BCUT2D eigenvalue weighted by molar-refractivity contribution is 9.10. The lowest BCUT2D eigenvalue weighted by Crippen LogP contribution is -2.28. The zero-order valence-electron chi connectivity index (χ0n) is 11.1. The van der Waals surface area contributed by atoms with Crippen LogP contribution in [0.3, 0.4) is 0 Å². The Labute approximate surface area is 127 Å². The Morgan fingerprint density at radius 2 is 1.90 bits per heavy atom. The third kappa shape index (κ3) is 1.90. The number of allylic oxidation sites excluding steroid dienone is 2. The second kappa shape index (κ2) is 4.78. The number of rotatable bonds is 1. The molecule has 2 aliphatic rings. The van der Waals surface area contributed by atoms with E-state index in [-0.39, 0.29) is 0 Å². The van der Waals surface area contributed by atoms with Crippen LogP contribution in [0, 0.1) is 5.92 Å². The van der Waals surface area contributed by atoms with Crippen LogP contribution in [0.15, 0.2) is 65.2 Å². The van der Waals surface area contributed by atoms with Crippen LogP contribution in [-0.4, -0.2) is 0 Å². The molecule has 2 aromatic carbocycles. The Kier molecular flexibility index (Phi) is 2.92. The molecule has 1 heterocycles. The summed E-state index contributed by atoms with van der Waals surface area (Å²) in [5.74, 6) is 1.16. The summed E-state index contributed by atoms with van der Waals surface area (Å²) in [5.41, 5.74) is 4.08. The number of halogens is 1. The zero-order valence-corrected chi connectivity index (χ0v) is 12.7. The fourth-order valence-electron chi connectivity index (χ4n) is 3.56. The third-order valence-corrected chi connectivity index (χ3v) is 4.98. The van der Waals surface area contributed by atoms with E-state index in [2.05, 4.69) is 81.9 Å². The van der Waals surface area contributed by atoms with Crippen LogP contribution >= 0.6 is 15.9 Å². The molecule has 4 rings (SSSR count). The van der Waals surface area contributed by atoms with Gasteiger partial charge in [-0.15, -0.1) is 0 Å². The monoisotopic (exact) mass is 325 g/mol. The molecule has 1 N–H and O–H groups in total. The zero-order chi connectivity index (χ0) is 13.5. The first-order valence-electron chi connectivity index (χ1n) is 7.10. The van der Waals surface area contributed by atoms with Crippen molar-refractivity contribution in [1.29, 1.82) is 0 Å². The lowest BCUT2D eigenvalue weighted by molar-refractivity contribution is 0.425. The maximum absolute atomic E-state index is 3.75. The molecule has 0 radical (unpaired) electrons. The Balaban J connectivity index is 1.80. The molecule has 0 unspecified atom stereocenters. The van der Waals surface area contributed by atoms with Gasteiger partial charge >= 0.3 is 0 Å². The quantitative estimate of drug-likeness (QED) is 0.704. The van der Waals surface area contributed by atoms with Crippen LogP contribution in [-0.2, 0) is 0 Å². The van der Waals surface area contributed by atoms with E-state index in [4.69, 9.17) is 0 Å². The number of hydrogen-bond donors (Lipinski definition) is 1. The van der Waals surface area contributed by atoms with E-state index in [1.54, 1.807) is 0 Å². The second-order valence-electron chi connectivity index (χ2n) is 5.62. The Morgan fingerprint density at radius 3 is 2.75 bits per heavy atom. The van der Waals surface area contributed by atoms with Gasteiger partial charge in [-0.1, -0.05) is 58.4 Å². The van der Waals surface area contributed by atoms with Gasteiger partial charge in [0.25, 0.3) is 0 Å². The van der Waals surface area contributed by atoms with E-state index in [0.29, 0.717) is 17.9 Å². The molecule has 0 saturated heterocycles. The molecule has 1 nitrogen and oxygen atoms in total. The van der Waals surface area contributed by atoms with Gasteiger partial charge in [-0.2, -0.15) is 0 Å². The molecule has 0 saturated carbocycles. The topological polar surface area (TPSA) is 12.0 Å². The molecule has 0 bridgehead atoms. The van der Waals surface area contributed by atoms with Crippen molar-refractivity contribution in [2.45, 2.75) is 18.4 Å². The maximum atomic E-state index is 3.75. The molecule has 20 heavy (non-hydrogen) atoms. The molecule has 1 aliphatic carbocycles. The summed E-state index contributed by atoms with van der Waals surface area (Å²) in [5, 5.41) is 3.75. The van der Waals surface area contributed by atoms with E-state index >= 15 is 0 Å². The summed E-state index contributed by atoms with van der Waals surface area (Å²) < 4.78 is 1.16. The van der Waals surface area contributed by atoms with Gasteiger partial charge in [-0.3, -0.25) is 0 Å². The molecular weight excluding hydrogens is 310 g/mol. The lowest BCUT2D eigenvalue weighted by Gasteiger charge is -2.37. The molecule has 3 atom stereocenters. The molecule has 0 aromatic heterocycles. The van der Waals surface area contributed by atoms with Crippen LogP contribution in [0.25, 0.3) is 0 Å². The largest absolute Gasteiger partial charge is 0.378 e. The highest BCUT2D eigenvalue weighted by atomic mass is 79.9. The summed E-state index contributed by atoms with van der Waals surface area (Å²) in [6, 6.07) is 17.8. The molecular formula is C18H16BrN. The van der Waals surface area contributed by atoms with E-state index in [0.717, 1.165) is 10.9 Å². The van der Waals surface area contributed by atoms with Crippen molar-refractivity contribution in [3.63, 3.8) is 0 Å². The molecule has 2 aromatic rings. The van der Waals surface area contributed by atoms with E-state index < -0.39 is 0 Å². The van der Waals surface area contributed by atoms with Crippen LogP contribution in [0.1, 0.15) is 29.5 Å². The average molecular weight is 326 g/mol. The van der Waals surface area contributed by atoms with Crippen molar-refractivity contribution in [2.24, 2.45) is 5.92 Å². The molecule has 0 spiro atoms. The lowest BCUT2D eigenvalue weighted by atomic mass is 9.77. The fraction of sp³-hybridized carbons (Fsp3) is 0.222. The van der Waals surface area contributed by atoms with Gasteiger partial charge in [0.15, 0.2) is 0 Å². The fourth-order valence-corrected chi connectivity index (χ4v) is 3.93. The van der Waals surface area contributed by atoms with E-state index in [1.165, 1.54) is 16.8 Å². The molecule has 2 heteroatoms. The van der Waals surface area contributed by atoms with Gasteiger partial charge in [0, 0.05) is 16.1 Å². The predicted molar refractivity (Wildman–Crippen MR) is 86.9 cm³/mol. The van der Waals surface area contributed by atoms with Crippen molar-refractivity contribution in [3.8, 4) is 0 Å². The van der Waals surface area contributed by atoms with Gasteiger partial charge in [0.05, 0.1) is 6.04 Å². The van der Waals surface area contributed by atoms with E-state index in [9.17, 15) is 0 Å². The Hall–Kier alpha value is -1.54. The molecule has 0 amide bonds. The molecule has 0 fully saturated rings. The van der Waals surface area contributed by atoms with Gasteiger partial charge in [-0.25, -0.2) is 0 Å². The summed E-state index contributed by atoms with van der Waals surface area (Å²) in [6.07, 6.45) is 5.87. The summed E-state index contributed by atoms with van der Waals surface area (Å²) in [6.45, 7) is 0. The van der Waals surface area contributed by atoms with Gasteiger partial charge in [-0.05, 0) is 41.7 Å². The first-order valence-corrected chi connectivity index (χ1v) is 7.90. The summed E-state index contributed by atoms with van der Waals surface area (Å²) in [4.78, 5) is 0. The standard InChI is InChI=1S/C18H16BrN/c19-13-9-10-17-16(11-13)14-7-4-8-15(14)18(20-17)12-5-2-1-3-6-12/h1-7,9-11,14-15,18,20H,8H2/t14-,15+,18+/m1/s1. The highest BCUT2D eigenvalue weighted by Gasteiger charge is 2.37. The van der Waals surface area contributed by atoms with Crippen molar-refractivity contribution in [2.75, 3.05) is 5.32 Å². The Bertz CT molecular complexity index is 662. The third-order valence-electron chi connectivity index (χ3n) is 4.48. The average Bonchev–Trinajstić information content (AvgIpc) is 2.97. The van der Waals surface area contributed by atoms with Gasteiger partial charge in [0.1, 0.15) is 0 Å². The number of benzene rings is 2. The number of fused-ring (bicyclic) bond motifs is 3. The number of anilines is 1. The van der Waals surface area contributed by atoms with Crippen molar-refractivity contribution in [3.05, 3.63) is 76.3 Å². The minimum absolute atomic E-state index is 0.407. The second-order valence-corrected chi connectivity index (χ2v) is 6.53.